The molecule has 4 N–H and O–H groups in total. The van der Waals surface area contributed by atoms with Crippen molar-refractivity contribution in [3.05, 3.63) is 11.6 Å². The van der Waals surface area contributed by atoms with Gasteiger partial charge in [0.05, 0.1) is 29.8 Å². The number of aliphatic hydroxyl groups excluding tert-OH is 2. The standard InChI is InChI=1S/C35H56O7/c1-20-10-15-35(29(38)39)17-16-32(5)21(28(35)34(20,7)40)8-9-25-31(4)13-12-26(42-27-18-22(36)23(37)19-41-27)30(2,3)24(31)11-14-33(25,32)6/h8,20,22-28,36-37,40H,9-19H2,1-7H3,(H,38,39)/t20-,22-,23+,24+,25?,26+,27+,28-,31+,32-,33-,34-,35+/m1/s1. The van der Waals surface area contributed by atoms with Crippen molar-refractivity contribution in [2.24, 2.45) is 50.7 Å². The molecule has 6 aliphatic rings. The molecule has 1 aliphatic heterocycles. The average molecular weight is 589 g/mol. The van der Waals surface area contributed by atoms with Crippen molar-refractivity contribution in [3.8, 4) is 0 Å². The van der Waals surface area contributed by atoms with E-state index in [2.05, 4.69) is 47.6 Å². The Bertz CT molecular complexity index is 1130. The van der Waals surface area contributed by atoms with Crippen LogP contribution in [0.4, 0.5) is 0 Å². The molecule has 238 valence electrons. The zero-order valence-electron chi connectivity index (χ0n) is 27.0. The molecule has 5 aliphatic carbocycles. The van der Waals surface area contributed by atoms with E-state index in [4.69, 9.17) is 9.47 Å². The van der Waals surface area contributed by atoms with Crippen molar-refractivity contribution in [1.29, 1.82) is 0 Å². The van der Waals surface area contributed by atoms with Gasteiger partial charge in [0.15, 0.2) is 6.29 Å². The highest BCUT2D eigenvalue weighted by molar-refractivity contribution is 5.77. The van der Waals surface area contributed by atoms with Crippen molar-refractivity contribution in [1.82, 2.24) is 0 Å². The van der Waals surface area contributed by atoms with E-state index in [1.165, 1.54) is 5.57 Å². The van der Waals surface area contributed by atoms with E-state index in [-0.39, 0.29) is 46.2 Å². The molecule has 1 saturated heterocycles. The molecule has 4 saturated carbocycles. The van der Waals surface area contributed by atoms with E-state index in [1.54, 1.807) is 0 Å². The third kappa shape index (κ3) is 3.98. The molecule has 5 fully saturated rings. The van der Waals surface area contributed by atoms with Crippen LogP contribution in [0.25, 0.3) is 0 Å². The van der Waals surface area contributed by atoms with Gasteiger partial charge in [0, 0.05) is 12.3 Å². The SMILES string of the molecule is C[C@@H]1CC[C@]2(C(=O)O)CC[C@]3(C)C(=CCC4[C@@]5(C)CC[C@H](O[C@H]6C[C@@H](O)[C@@H](O)CO6)C(C)(C)[C@@H]5CC[C@]43C)[C@@H]2[C@]1(C)O. The lowest BCUT2D eigenvalue weighted by molar-refractivity contribution is -0.276. The zero-order valence-corrected chi connectivity index (χ0v) is 27.0. The second-order valence-electron chi connectivity index (χ2n) is 17.0. The summed E-state index contributed by atoms with van der Waals surface area (Å²) >= 11 is 0. The predicted octanol–water partition coefficient (Wildman–Crippen LogP) is 5.70. The van der Waals surface area contributed by atoms with E-state index in [1.807, 2.05) is 6.92 Å². The summed E-state index contributed by atoms with van der Waals surface area (Å²) in [6.45, 7) is 16.2. The minimum absolute atomic E-state index is 0.0142. The maximum Gasteiger partial charge on any atom is 0.310 e. The number of carboxylic acids is 1. The van der Waals surface area contributed by atoms with Crippen LogP contribution in [-0.2, 0) is 14.3 Å². The Morgan fingerprint density at radius 3 is 2.31 bits per heavy atom. The maximum atomic E-state index is 13.0. The molecule has 0 aromatic carbocycles. The summed E-state index contributed by atoms with van der Waals surface area (Å²) in [6.07, 6.45) is 8.54. The molecule has 7 nitrogen and oxygen atoms in total. The van der Waals surface area contributed by atoms with Gasteiger partial charge in [0.2, 0.25) is 0 Å². The Hall–Kier alpha value is -0.990. The molecular formula is C35H56O7. The van der Waals surface area contributed by atoms with Gasteiger partial charge in [-0.25, -0.2) is 0 Å². The molecule has 0 amide bonds. The third-order valence-electron chi connectivity index (χ3n) is 15.1. The van der Waals surface area contributed by atoms with E-state index in [9.17, 15) is 25.2 Å². The van der Waals surface area contributed by atoms with Gasteiger partial charge in [-0.1, -0.05) is 53.2 Å². The quantitative estimate of drug-likeness (QED) is 0.247. The number of fused-ring (bicyclic) bond motifs is 7. The lowest BCUT2D eigenvalue weighted by atomic mass is 9.33. The van der Waals surface area contributed by atoms with Gasteiger partial charge in [0.1, 0.15) is 6.10 Å². The molecule has 0 aromatic heterocycles. The highest BCUT2D eigenvalue weighted by atomic mass is 16.7. The number of hydrogen-bond donors (Lipinski definition) is 4. The van der Waals surface area contributed by atoms with Crippen LogP contribution in [-0.4, -0.2) is 63.2 Å². The van der Waals surface area contributed by atoms with Gasteiger partial charge in [-0.2, -0.15) is 0 Å². The fraction of sp³-hybridized carbons (Fsp3) is 0.914. The second-order valence-corrected chi connectivity index (χ2v) is 17.0. The van der Waals surface area contributed by atoms with Crippen molar-refractivity contribution in [2.75, 3.05) is 6.61 Å². The van der Waals surface area contributed by atoms with Gasteiger partial charge in [0.25, 0.3) is 0 Å². The first-order valence-corrected chi connectivity index (χ1v) is 16.7. The number of aliphatic carboxylic acids is 1. The minimum atomic E-state index is -1.04. The maximum absolute atomic E-state index is 13.0. The van der Waals surface area contributed by atoms with Crippen LogP contribution in [0.5, 0.6) is 0 Å². The van der Waals surface area contributed by atoms with E-state index < -0.39 is 35.5 Å². The summed E-state index contributed by atoms with van der Waals surface area (Å²) in [5.74, 6) is -0.0960. The number of aliphatic hydroxyl groups is 3. The van der Waals surface area contributed by atoms with Crippen LogP contribution in [0.3, 0.4) is 0 Å². The summed E-state index contributed by atoms with van der Waals surface area (Å²) in [7, 11) is 0. The summed E-state index contributed by atoms with van der Waals surface area (Å²) in [4.78, 5) is 13.0. The van der Waals surface area contributed by atoms with Crippen molar-refractivity contribution in [3.63, 3.8) is 0 Å². The second kappa shape index (κ2) is 9.75. The molecule has 0 radical (unpaired) electrons. The molecule has 1 unspecified atom stereocenters. The molecule has 1 heterocycles. The highest BCUT2D eigenvalue weighted by Gasteiger charge is 2.71. The number of carbonyl (C=O) groups is 1. The van der Waals surface area contributed by atoms with Crippen LogP contribution >= 0.6 is 0 Å². The Labute approximate surface area is 252 Å². The largest absolute Gasteiger partial charge is 0.481 e. The van der Waals surface area contributed by atoms with Gasteiger partial charge in [-0.15, -0.1) is 0 Å². The number of carboxylic acid groups (broad SMARTS) is 1. The fourth-order valence-electron chi connectivity index (χ4n) is 12.1. The van der Waals surface area contributed by atoms with Crippen LogP contribution in [0.15, 0.2) is 11.6 Å². The van der Waals surface area contributed by atoms with E-state index in [0.29, 0.717) is 31.1 Å². The Kier molecular flexibility index (Phi) is 7.20. The number of rotatable bonds is 3. The summed E-state index contributed by atoms with van der Waals surface area (Å²) in [6, 6.07) is 0. The summed E-state index contributed by atoms with van der Waals surface area (Å²) in [5, 5.41) is 42.8. The summed E-state index contributed by atoms with van der Waals surface area (Å²) < 4.78 is 12.3. The number of allylic oxidation sites excluding steroid dienone is 1. The fourth-order valence-corrected chi connectivity index (χ4v) is 12.1. The molecule has 0 aromatic rings. The number of hydrogen-bond acceptors (Lipinski definition) is 6. The Morgan fingerprint density at radius 1 is 0.929 bits per heavy atom. The molecule has 6 rings (SSSR count). The Balaban J connectivity index is 1.32. The zero-order chi connectivity index (χ0) is 30.7. The van der Waals surface area contributed by atoms with Crippen LogP contribution < -0.4 is 0 Å². The van der Waals surface area contributed by atoms with Gasteiger partial charge < -0.3 is 29.9 Å². The first-order valence-electron chi connectivity index (χ1n) is 16.7. The van der Waals surface area contributed by atoms with Crippen LogP contribution in [0, 0.1) is 50.7 Å². The van der Waals surface area contributed by atoms with Crippen LogP contribution in [0.1, 0.15) is 113 Å². The monoisotopic (exact) mass is 588 g/mol. The Morgan fingerprint density at radius 2 is 1.64 bits per heavy atom. The van der Waals surface area contributed by atoms with Gasteiger partial charge >= 0.3 is 5.97 Å². The lowest BCUT2D eigenvalue weighted by Crippen LogP contribution is -2.67. The molecule has 0 bridgehead atoms. The highest BCUT2D eigenvalue weighted by Crippen LogP contribution is 2.76. The first kappa shape index (κ1) is 31.0. The van der Waals surface area contributed by atoms with Crippen molar-refractivity contribution < 1.29 is 34.7 Å². The van der Waals surface area contributed by atoms with Crippen LogP contribution in [0.2, 0.25) is 0 Å². The molecule has 0 spiro atoms. The molecular weight excluding hydrogens is 532 g/mol. The molecule has 13 atom stereocenters. The minimum Gasteiger partial charge on any atom is -0.481 e. The predicted molar refractivity (Wildman–Crippen MR) is 159 cm³/mol. The summed E-state index contributed by atoms with van der Waals surface area (Å²) in [5.41, 5.74) is -0.810. The van der Waals surface area contributed by atoms with E-state index >= 15 is 0 Å². The van der Waals surface area contributed by atoms with Crippen molar-refractivity contribution >= 4 is 5.97 Å². The van der Waals surface area contributed by atoms with Crippen molar-refractivity contribution in [2.45, 2.75) is 143 Å². The first-order chi connectivity index (χ1) is 19.4. The number of ether oxygens (including phenoxy) is 2. The average Bonchev–Trinajstić information content (AvgIpc) is 2.90. The van der Waals surface area contributed by atoms with Gasteiger partial charge in [-0.3, -0.25) is 4.79 Å². The topological polar surface area (TPSA) is 116 Å². The normalized spacial score (nSPS) is 55.3. The smallest absolute Gasteiger partial charge is 0.310 e. The molecule has 42 heavy (non-hydrogen) atoms. The lowest BCUT2D eigenvalue weighted by Gasteiger charge is -2.72. The molecule has 7 heteroatoms. The van der Waals surface area contributed by atoms with Gasteiger partial charge in [-0.05, 0) is 104 Å². The third-order valence-corrected chi connectivity index (χ3v) is 15.1. The van der Waals surface area contributed by atoms with E-state index in [0.717, 1.165) is 44.9 Å².